The van der Waals surface area contributed by atoms with Crippen LogP contribution in [0.2, 0.25) is 0 Å². The molecule has 0 bridgehead atoms. The van der Waals surface area contributed by atoms with Crippen molar-refractivity contribution in [3.63, 3.8) is 0 Å². The lowest BCUT2D eigenvalue weighted by atomic mass is 9.91. The van der Waals surface area contributed by atoms with Crippen LogP contribution in [0.15, 0.2) is 69.9 Å². The summed E-state index contributed by atoms with van der Waals surface area (Å²) in [5.74, 6) is -0.481. The minimum absolute atomic E-state index is 0.435. The summed E-state index contributed by atoms with van der Waals surface area (Å²) in [4.78, 5) is 11.7. The van der Waals surface area contributed by atoms with Crippen LogP contribution in [0.5, 0.6) is 0 Å². The standard InChI is InChI=1S/C17H11NO2/c18-11-15(12-6-2-1-3-7-12)14-10-17(19)20-16-9-5-4-8-13(14)16/h1-10,15H. The molecule has 0 spiro atoms. The van der Waals surface area contributed by atoms with Crippen molar-refractivity contribution in [1.29, 1.82) is 5.26 Å². The Morgan fingerprint density at radius 3 is 2.45 bits per heavy atom. The van der Waals surface area contributed by atoms with Gasteiger partial charge in [-0.05, 0) is 17.2 Å². The molecule has 3 nitrogen and oxygen atoms in total. The van der Waals surface area contributed by atoms with E-state index in [9.17, 15) is 10.1 Å². The van der Waals surface area contributed by atoms with Crippen LogP contribution in [0.4, 0.5) is 0 Å². The van der Waals surface area contributed by atoms with Crippen LogP contribution in [0.25, 0.3) is 11.0 Å². The second kappa shape index (κ2) is 5.02. The third-order valence-corrected chi connectivity index (χ3v) is 3.25. The second-order valence-electron chi connectivity index (χ2n) is 4.49. The molecule has 0 aliphatic heterocycles. The molecule has 0 aliphatic rings. The van der Waals surface area contributed by atoms with Crippen molar-refractivity contribution in [1.82, 2.24) is 0 Å². The first-order chi connectivity index (χ1) is 9.79. The summed E-state index contributed by atoms with van der Waals surface area (Å²) >= 11 is 0. The number of hydrogen-bond donors (Lipinski definition) is 0. The number of rotatable bonds is 2. The molecule has 0 fully saturated rings. The van der Waals surface area contributed by atoms with Crippen molar-refractivity contribution in [3.8, 4) is 6.07 Å². The van der Waals surface area contributed by atoms with Gasteiger partial charge in [0.1, 0.15) is 5.58 Å². The van der Waals surface area contributed by atoms with E-state index in [1.165, 1.54) is 6.07 Å². The van der Waals surface area contributed by atoms with Crippen molar-refractivity contribution in [2.24, 2.45) is 0 Å². The number of hydrogen-bond acceptors (Lipinski definition) is 3. The fourth-order valence-corrected chi connectivity index (χ4v) is 2.34. The highest BCUT2D eigenvalue weighted by atomic mass is 16.4. The summed E-state index contributed by atoms with van der Waals surface area (Å²) in [5, 5.41) is 10.3. The molecule has 3 rings (SSSR count). The normalized spacial score (nSPS) is 11.9. The zero-order chi connectivity index (χ0) is 13.9. The van der Waals surface area contributed by atoms with Crippen LogP contribution >= 0.6 is 0 Å². The Bertz CT molecular complexity index is 844. The van der Waals surface area contributed by atoms with Crippen molar-refractivity contribution in [3.05, 3.63) is 82.2 Å². The first-order valence-electron chi connectivity index (χ1n) is 6.27. The molecule has 96 valence electrons. The first-order valence-corrected chi connectivity index (χ1v) is 6.27. The van der Waals surface area contributed by atoms with Gasteiger partial charge in [0.15, 0.2) is 0 Å². The molecule has 20 heavy (non-hydrogen) atoms. The SMILES string of the molecule is N#CC(c1ccccc1)c1cc(=O)oc2ccccc12. The van der Waals surface area contributed by atoms with Gasteiger partial charge in [-0.1, -0.05) is 48.5 Å². The highest BCUT2D eigenvalue weighted by molar-refractivity contribution is 5.81. The number of nitriles is 1. The van der Waals surface area contributed by atoms with Crippen molar-refractivity contribution in [2.45, 2.75) is 5.92 Å². The van der Waals surface area contributed by atoms with Gasteiger partial charge in [0.25, 0.3) is 0 Å². The predicted octanol–water partition coefficient (Wildman–Crippen LogP) is 3.45. The smallest absolute Gasteiger partial charge is 0.336 e. The van der Waals surface area contributed by atoms with Crippen LogP contribution in [0.3, 0.4) is 0 Å². The van der Waals surface area contributed by atoms with Crippen LogP contribution in [0.1, 0.15) is 17.0 Å². The van der Waals surface area contributed by atoms with Crippen LogP contribution in [-0.2, 0) is 0 Å². The highest BCUT2D eigenvalue weighted by Crippen LogP contribution is 2.28. The lowest BCUT2D eigenvalue weighted by molar-refractivity contribution is 0.559. The topological polar surface area (TPSA) is 54.0 Å². The number of fused-ring (bicyclic) bond motifs is 1. The Kier molecular flexibility index (Phi) is 3.06. The third-order valence-electron chi connectivity index (χ3n) is 3.25. The average Bonchev–Trinajstić information content (AvgIpc) is 2.49. The molecule has 1 unspecified atom stereocenters. The molecule has 3 aromatic rings. The van der Waals surface area contributed by atoms with Gasteiger partial charge in [0.05, 0.1) is 12.0 Å². The van der Waals surface area contributed by atoms with E-state index in [2.05, 4.69) is 6.07 Å². The Balaban J connectivity index is 2.28. The quantitative estimate of drug-likeness (QED) is 0.664. The molecule has 1 heterocycles. The summed E-state index contributed by atoms with van der Waals surface area (Å²) in [5.41, 5.74) is 1.62. The molecule has 0 amide bonds. The maximum absolute atomic E-state index is 11.7. The van der Waals surface area contributed by atoms with Gasteiger partial charge in [0.2, 0.25) is 0 Å². The molecule has 1 aromatic heterocycles. The minimum atomic E-state index is -0.481. The van der Waals surface area contributed by atoms with Crippen LogP contribution in [-0.4, -0.2) is 0 Å². The van der Waals surface area contributed by atoms with E-state index in [-0.39, 0.29) is 0 Å². The van der Waals surface area contributed by atoms with E-state index < -0.39 is 11.5 Å². The second-order valence-corrected chi connectivity index (χ2v) is 4.49. The Hall–Kier alpha value is -2.86. The molecular formula is C17H11NO2. The van der Waals surface area contributed by atoms with Gasteiger partial charge >= 0.3 is 5.63 Å². The Morgan fingerprint density at radius 2 is 1.70 bits per heavy atom. The number of benzene rings is 2. The third kappa shape index (κ3) is 2.08. The maximum Gasteiger partial charge on any atom is 0.336 e. The van der Waals surface area contributed by atoms with E-state index in [1.54, 1.807) is 12.1 Å². The first kappa shape index (κ1) is 12.2. The van der Waals surface area contributed by atoms with Gasteiger partial charge in [-0.15, -0.1) is 0 Å². The zero-order valence-corrected chi connectivity index (χ0v) is 10.6. The lowest BCUT2D eigenvalue weighted by Crippen LogP contribution is -2.05. The van der Waals surface area contributed by atoms with Gasteiger partial charge in [0, 0.05) is 11.5 Å². The van der Waals surface area contributed by atoms with Crippen molar-refractivity contribution >= 4 is 11.0 Å². The zero-order valence-electron chi connectivity index (χ0n) is 10.6. The number of para-hydroxylation sites is 1. The van der Waals surface area contributed by atoms with Gasteiger partial charge in [-0.3, -0.25) is 0 Å². The Morgan fingerprint density at radius 1 is 1.00 bits per heavy atom. The lowest BCUT2D eigenvalue weighted by Gasteiger charge is -2.11. The molecule has 0 N–H and O–H groups in total. The van der Waals surface area contributed by atoms with Gasteiger partial charge < -0.3 is 4.42 Å². The summed E-state index contributed by atoms with van der Waals surface area (Å²) in [6.07, 6.45) is 0. The van der Waals surface area contributed by atoms with E-state index in [0.717, 1.165) is 10.9 Å². The summed E-state index contributed by atoms with van der Waals surface area (Å²) in [6.45, 7) is 0. The minimum Gasteiger partial charge on any atom is -0.423 e. The van der Waals surface area contributed by atoms with E-state index in [1.807, 2.05) is 42.5 Å². The molecule has 0 saturated carbocycles. The van der Waals surface area contributed by atoms with Crippen molar-refractivity contribution in [2.75, 3.05) is 0 Å². The van der Waals surface area contributed by atoms with Crippen molar-refractivity contribution < 1.29 is 4.42 Å². The summed E-state index contributed by atoms with van der Waals surface area (Å²) < 4.78 is 5.17. The number of nitrogens with zero attached hydrogens (tertiary/aromatic N) is 1. The molecule has 0 saturated heterocycles. The van der Waals surface area contributed by atoms with E-state index in [0.29, 0.717) is 11.1 Å². The summed E-state index contributed by atoms with van der Waals surface area (Å²) in [7, 11) is 0. The highest BCUT2D eigenvalue weighted by Gasteiger charge is 2.17. The van der Waals surface area contributed by atoms with Crippen LogP contribution < -0.4 is 5.63 Å². The molecule has 0 radical (unpaired) electrons. The molecular weight excluding hydrogens is 250 g/mol. The molecule has 2 aromatic carbocycles. The molecule has 0 aliphatic carbocycles. The fourth-order valence-electron chi connectivity index (χ4n) is 2.34. The fraction of sp³-hybridized carbons (Fsp3) is 0.0588. The maximum atomic E-state index is 11.7. The molecule has 1 atom stereocenters. The predicted molar refractivity (Wildman–Crippen MR) is 76.4 cm³/mol. The Labute approximate surface area is 115 Å². The largest absolute Gasteiger partial charge is 0.423 e. The van der Waals surface area contributed by atoms with E-state index in [4.69, 9.17) is 4.42 Å². The molecule has 3 heteroatoms. The van der Waals surface area contributed by atoms with E-state index >= 15 is 0 Å². The van der Waals surface area contributed by atoms with Gasteiger partial charge in [-0.2, -0.15) is 5.26 Å². The monoisotopic (exact) mass is 261 g/mol. The summed E-state index contributed by atoms with van der Waals surface area (Å²) in [6, 6.07) is 20.4. The van der Waals surface area contributed by atoms with Crippen LogP contribution in [0, 0.1) is 11.3 Å². The van der Waals surface area contributed by atoms with Gasteiger partial charge in [-0.25, -0.2) is 4.79 Å². The average molecular weight is 261 g/mol.